The molecule has 1 amide bonds. The van der Waals surface area contributed by atoms with Gasteiger partial charge in [0.05, 0.1) is 6.42 Å². The molecule has 0 radical (unpaired) electrons. The fourth-order valence-corrected chi connectivity index (χ4v) is 2.96. The van der Waals surface area contributed by atoms with E-state index in [4.69, 9.17) is 5.11 Å². The van der Waals surface area contributed by atoms with E-state index in [0.29, 0.717) is 13.1 Å². The van der Waals surface area contributed by atoms with E-state index in [9.17, 15) is 9.59 Å². The first-order valence-electron chi connectivity index (χ1n) is 7.22. The van der Waals surface area contributed by atoms with Crippen LogP contribution in [0.1, 0.15) is 36.1 Å². The van der Waals surface area contributed by atoms with Crippen LogP contribution in [0.15, 0.2) is 18.2 Å². The highest BCUT2D eigenvalue weighted by molar-refractivity contribution is 5.86. The fourth-order valence-electron chi connectivity index (χ4n) is 2.96. The van der Waals surface area contributed by atoms with Gasteiger partial charge in [0.1, 0.15) is 6.04 Å². The largest absolute Gasteiger partial charge is 0.481 e. The Kier molecular flexibility index (Phi) is 4.63. The van der Waals surface area contributed by atoms with Crippen LogP contribution in [0.25, 0.3) is 0 Å². The molecule has 0 aromatic heterocycles. The van der Waals surface area contributed by atoms with Gasteiger partial charge in [-0.05, 0) is 31.9 Å². The molecule has 2 N–H and O–H groups in total. The van der Waals surface area contributed by atoms with Crippen LogP contribution in [-0.4, -0.2) is 41.0 Å². The molecule has 114 valence electrons. The third kappa shape index (κ3) is 3.42. The molecule has 2 unspecified atom stereocenters. The molecule has 1 aromatic carbocycles. The maximum absolute atomic E-state index is 12.0. The van der Waals surface area contributed by atoms with Gasteiger partial charge >= 0.3 is 5.97 Å². The van der Waals surface area contributed by atoms with Crippen molar-refractivity contribution in [2.24, 2.45) is 0 Å². The van der Waals surface area contributed by atoms with Gasteiger partial charge in [0.15, 0.2) is 0 Å². The van der Waals surface area contributed by atoms with Gasteiger partial charge in [0.2, 0.25) is 5.91 Å². The molecule has 0 spiro atoms. The summed E-state index contributed by atoms with van der Waals surface area (Å²) in [5.41, 5.74) is 3.48. The van der Waals surface area contributed by atoms with E-state index in [2.05, 4.69) is 23.5 Å². The zero-order chi connectivity index (χ0) is 15.6. The third-order valence-electron chi connectivity index (χ3n) is 4.12. The van der Waals surface area contributed by atoms with Crippen molar-refractivity contribution < 1.29 is 14.7 Å². The van der Waals surface area contributed by atoms with Crippen LogP contribution in [0.5, 0.6) is 0 Å². The average Bonchev–Trinajstić information content (AvgIpc) is 2.42. The summed E-state index contributed by atoms with van der Waals surface area (Å²) in [7, 11) is 0. The number of carbonyl (C=O) groups is 2. The first kappa shape index (κ1) is 15.5. The molecule has 2 atom stereocenters. The minimum Gasteiger partial charge on any atom is -0.481 e. The smallest absolute Gasteiger partial charge is 0.305 e. The van der Waals surface area contributed by atoms with Crippen molar-refractivity contribution in [3.63, 3.8) is 0 Å². The van der Waals surface area contributed by atoms with Gasteiger partial charge < -0.3 is 10.4 Å². The quantitative estimate of drug-likeness (QED) is 0.884. The first-order valence-corrected chi connectivity index (χ1v) is 7.22. The van der Waals surface area contributed by atoms with Crippen molar-refractivity contribution in [3.05, 3.63) is 34.9 Å². The van der Waals surface area contributed by atoms with Crippen LogP contribution >= 0.6 is 0 Å². The van der Waals surface area contributed by atoms with Crippen molar-refractivity contribution in [1.29, 1.82) is 0 Å². The molecular weight excluding hydrogens is 268 g/mol. The number of benzene rings is 1. The number of nitrogens with one attached hydrogen (secondary N) is 1. The Morgan fingerprint density at radius 2 is 2.19 bits per heavy atom. The SMILES string of the molecule is Cc1ccc(C)c(C(C)N2CCNC(=O)C2CC(=O)O)c1. The van der Waals surface area contributed by atoms with Crippen molar-refractivity contribution in [2.45, 2.75) is 39.3 Å². The lowest BCUT2D eigenvalue weighted by Gasteiger charge is -2.39. The zero-order valence-electron chi connectivity index (χ0n) is 12.7. The number of hydrogen-bond donors (Lipinski definition) is 2. The second kappa shape index (κ2) is 6.26. The van der Waals surface area contributed by atoms with Crippen LogP contribution in [0.2, 0.25) is 0 Å². The molecule has 21 heavy (non-hydrogen) atoms. The van der Waals surface area contributed by atoms with Gasteiger partial charge in [-0.1, -0.05) is 23.8 Å². The lowest BCUT2D eigenvalue weighted by Crippen LogP contribution is -2.56. The average molecular weight is 290 g/mol. The van der Waals surface area contributed by atoms with E-state index < -0.39 is 12.0 Å². The van der Waals surface area contributed by atoms with Crippen LogP contribution < -0.4 is 5.32 Å². The molecule has 5 heteroatoms. The van der Waals surface area contributed by atoms with E-state index in [0.717, 1.165) is 11.1 Å². The van der Waals surface area contributed by atoms with Gasteiger partial charge in [-0.2, -0.15) is 0 Å². The minimum atomic E-state index is -0.949. The van der Waals surface area contributed by atoms with Gasteiger partial charge in [-0.25, -0.2) is 0 Å². The maximum atomic E-state index is 12.0. The normalized spacial score (nSPS) is 20.9. The Hall–Kier alpha value is -1.88. The zero-order valence-corrected chi connectivity index (χ0v) is 12.7. The number of aryl methyl sites for hydroxylation is 2. The monoisotopic (exact) mass is 290 g/mol. The standard InChI is InChI=1S/C16H22N2O3/c1-10-4-5-11(2)13(8-10)12(3)18-7-6-17-16(21)14(18)9-15(19)20/h4-5,8,12,14H,6-7,9H2,1-3H3,(H,17,21)(H,19,20). The Labute approximate surface area is 125 Å². The molecule has 1 aliphatic heterocycles. The summed E-state index contributed by atoms with van der Waals surface area (Å²) in [6.07, 6.45) is -0.166. The summed E-state index contributed by atoms with van der Waals surface area (Å²) in [5, 5.41) is 11.8. The number of piperazine rings is 1. The van der Waals surface area contributed by atoms with E-state index in [1.165, 1.54) is 5.56 Å². The van der Waals surface area contributed by atoms with E-state index in [1.807, 2.05) is 25.7 Å². The van der Waals surface area contributed by atoms with Crippen LogP contribution in [0.4, 0.5) is 0 Å². The maximum Gasteiger partial charge on any atom is 0.305 e. The summed E-state index contributed by atoms with van der Waals surface area (Å²) in [5.74, 6) is -1.14. The van der Waals surface area contributed by atoms with Crippen LogP contribution in [0.3, 0.4) is 0 Å². The molecule has 0 saturated carbocycles. The van der Waals surface area contributed by atoms with Crippen LogP contribution in [-0.2, 0) is 9.59 Å². The lowest BCUT2D eigenvalue weighted by atomic mass is 9.96. The van der Waals surface area contributed by atoms with Crippen molar-refractivity contribution in [2.75, 3.05) is 13.1 Å². The molecule has 1 aromatic rings. The van der Waals surface area contributed by atoms with Crippen molar-refractivity contribution in [1.82, 2.24) is 10.2 Å². The molecule has 1 saturated heterocycles. The minimum absolute atomic E-state index is 0.0142. The summed E-state index contributed by atoms with van der Waals surface area (Å²) in [4.78, 5) is 25.0. The number of rotatable bonds is 4. The predicted molar refractivity (Wildman–Crippen MR) is 80.1 cm³/mol. The molecule has 5 nitrogen and oxygen atoms in total. The fraction of sp³-hybridized carbons (Fsp3) is 0.500. The van der Waals surface area contributed by atoms with Crippen molar-refractivity contribution >= 4 is 11.9 Å². The number of amides is 1. The molecule has 0 bridgehead atoms. The number of carbonyl (C=O) groups excluding carboxylic acids is 1. The highest BCUT2D eigenvalue weighted by Gasteiger charge is 2.35. The van der Waals surface area contributed by atoms with E-state index >= 15 is 0 Å². The Bertz CT molecular complexity index is 556. The molecular formula is C16H22N2O3. The highest BCUT2D eigenvalue weighted by Crippen LogP contribution is 2.28. The molecule has 1 fully saturated rings. The Balaban J connectivity index is 2.30. The summed E-state index contributed by atoms with van der Waals surface area (Å²) in [6, 6.07) is 5.65. The topological polar surface area (TPSA) is 69.6 Å². The highest BCUT2D eigenvalue weighted by atomic mass is 16.4. The number of nitrogens with zero attached hydrogens (tertiary/aromatic N) is 1. The Morgan fingerprint density at radius 3 is 2.86 bits per heavy atom. The summed E-state index contributed by atoms with van der Waals surface area (Å²) in [6.45, 7) is 7.34. The molecule has 1 aliphatic rings. The predicted octanol–water partition coefficient (Wildman–Crippen LogP) is 1.64. The summed E-state index contributed by atoms with van der Waals surface area (Å²) < 4.78 is 0. The lowest BCUT2D eigenvalue weighted by molar-refractivity contribution is -0.143. The van der Waals surface area contributed by atoms with Gasteiger partial charge in [-0.3, -0.25) is 14.5 Å². The second-order valence-corrected chi connectivity index (χ2v) is 5.68. The molecule has 0 aliphatic carbocycles. The van der Waals surface area contributed by atoms with Gasteiger partial charge in [0.25, 0.3) is 0 Å². The molecule has 2 rings (SSSR count). The summed E-state index contributed by atoms with van der Waals surface area (Å²) >= 11 is 0. The number of hydrogen-bond acceptors (Lipinski definition) is 3. The van der Waals surface area contributed by atoms with Gasteiger partial charge in [0, 0.05) is 19.1 Å². The number of aliphatic carboxylic acids is 1. The number of carboxylic acid groups (broad SMARTS) is 1. The number of carboxylic acids is 1. The van der Waals surface area contributed by atoms with Gasteiger partial charge in [-0.15, -0.1) is 0 Å². The van der Waals surface area contributed by atoms with E-state index in [-0.39, 0.29) is 18.4 Å². The van der Waals surface area contributed by atoms with E-state index in [1.54, 1.807) is 0 Å². The molecule has 1 heterocycles. The first-order chi connectivity index (χ1) is 9.90. The third-order valence-corrected chi connectivity index (χ3v) is 4.12. The van der Waals surface area contributed by atoms with Crippen LogP contribution in [0, 0.1) is 13.8 Å². The van der Waals surface area contributed by atoms with Crippen molar-refractivity contribution in [3.8, 4) is 0 Å². The second-order valence-electron chi connectivity index (χ2n) is 5.68. The Morgan fingerprint density at radius 1 is 1.48 bits per heavy atom.